The number of nitrogens with zero attached hydrogens (tertiary/aromatic N) is 4. The maximum atomic E-state index is 12.2. The van der Waals surface area contributed by atoms with E-state index >= 15 is 0 Å². The van der Waals surface area contributed by atoms with Crippen LogP contribution in [-0.4, -0.2) is 60.3 Å². The average Bonchev–Trinajstić information content (AvgIpc) is 3.20. The molecule has 1 aliphatic heterocycles. The monoisotopic (exact) mass is 359 g/mol. The van der Waals surface area contributed by atoms with Crippen molar-refractivity contribution in [2.75, 3.05) is 43.6 Å². The van der Waals surface area contributed by atoms with Crippen molar-refractivity contribution in [3.8, 4) is 0 Å². The first-order chi connectivity index (χ1) is 12.7. The number of amides is 1. The van der Waals surface area contributed by atoms with Gasteiger partial charge in [-0.2, -0.15) is 0 Å². The number of hydrogen-bond donors (Lipinski definition) is 1. The van der Waals surface area contributed by atoms with Crippen molar-refractivity contribution >= 4 is 23.3 Å². The van der Waals surface area contributed by atoms with E-state index in [9.17, 15) is 9.59 Å². The van der Waals surface area contributed by atoms with Crippen LogP contribution >= 0.6 is 0 Å². The number of methoxy groups -OCH3 is 1. The molecule has 1 amide bonds. The number of benzene rings is 1. The Labute approximate surface area is 150 Å². The number of esters is 1. The SMILES string of the molecule is COC(=O)c1cc(N2CCOCC2)ccc1NC(=O)CCn1ccnn1. The van der Waals surface area contributed by atoms with Gasteiger partial charge in [-0.25, -0.2) is 4.79 Å². The maximum Gasteiger partial charge on any atom is 0.340 e. The summed E-state index contributed by atoms with van der Waals surface area (Å²) in [5.41, 5.74) is 1.65. The fourth-order valence-electron chi connectivity index (χ4n) is 2.72. The lowest BCUT2D eigenvalue weighted by molar-refractivity contribution is -0.116. The number of anilines is 2. The Hall–Kier alpha value is -2.94. The number of nitrogens with one attached hydrogen (secondary N) is 1. The summed E-state index contributed by atoms with van der Waals surface area (Å²) in [4.78, 5) is 26.5. The summed E-state index contributed by atoms with van der Waals surface area (Å²) in [6, 6.07) is 5.35. The lowest BCUT2D eigenvalue weighted by Gasteiger charge is -2.29. The van der Waals surface area contributed by atoms with Gasteiger partial charge in [0, 0.05) is 31.4 Å². The molecular formula is C17H21N5O4. The lowest BCUT2D eigenvalue weighted by atomic mass is 10.1. The molecule has 0 bridgehead atoms. The summed E-state index contributed by atoms with van der Waals surface area (Å²) >= 11 is 0. The maximum absolute atomic E-state index is 12.2. The number of ether oxygens (including phenoxy) is 2. The van der Waals surface area contributed by atoms with Gasteiger partial charge in [-0.3, -0.25) is 9.48 Å². The summed E-state index contributed by atoms with van der Waals surface area (Å²) in [6.45, 7) is 3.21. The Morgan fingerprint density at radius 3 is 2.81 bits per heavy atom. The summed E-state index contributed by atoms with van der Waals surface area (Å²) in [6.07, 6.45) is 3.46. The zero-order valence-electron chi connectivity index (χ0n) is 14.6. The van der Waals surface area contributed by atoms with E-state index in [0.29, 0.717) is 31.0 Å². The molecule has 9 heteroatoms. The predicted molar refractivity (Wildman–Crippen MR) is 94.1 cm³/mol. The number of carbonyl (C=O) groups is 2. The quantitative estimate of drug-likeness (QED) is 0.766. The summed E-state index contributed by atoms with van der Waals surface area (Å²) in [5.74, 6) is -0.712. The van der Waals surface area contributed by atoms with E-state index in [1.54, 1.807) is 29.2 Å². The van der Waals surface area contributed by atoms with Crippen molar-refractivity contribution < 1.29 is 19.1 Å². The standard InChI is InChI=1S/C17H21N5O4/c1-25-17(24)14-12-13(21-8-10-26-11-9-21)2-3-15(14)19-16(23)4-6-22-7-5-18-20-22/h2-3,5,7,12H,4,6,8-11H2,1H3,(H,19,23). The molecule has 1 N–H and O–H groups in total. The van der Waals surface area contributed by atoms with Gasteiger partial charge < -0.3 is 19.7 Å². The molecular weight excluding hydrogens is 338 g/mol. The van der Waals surface area contributed by atoms with Crippen molar-refractivity contribution in [3.63, 3.8) is 0 Å². The van der Waals surface area contributed by atoms with Crippen LogP contribution in [0.4, 0.5) is 11.4 Å². The molecule has 3 rings (SSSR count). The molecule has 0 saturated carbocycles. The molecule has 0 aliphatic carbocycles. The number of rotatable bonds is 6. The van der Waals surface area contributed by atoms with E-state index in [4.69, 9.17) is 9.47 Å². The zero-order valence-corrected chi connectivity index (χ0v) is 14.6. The normalized spacial score (nSPS) is 14.1. The lowest BCUT2D eigenvalue weighted by Crippen LogP contribution is -2.36. The second-order valence-electron chi connectivity index (χ2n) is 5.79. The van der Waals surface area contributed by atoms with E-state index in [2.05, 4.69) is 20.5 Å². The van der Waals surface area contributed by atoms with E-state index in [1.165, 1.54) is 7.11 Å². The van der Waals surface area contributed by atoms with Gasteiger partial charge in [0.25, 0.3) is 0 Å². The van der Waals surface area contributed by atoms with Crippen LogP contribution in [-0.2, 0) is 20.8 Å². The Bertz CT molecular complexity index is 757. The third kappa shape index (κ3) is 4.37. The minimum atomic E-state index is -0.494. The summed E-state index contributed by atoms with van der Waals surface area (Å²) in [5, 5.41) is 10.3. The molecule has 1 fully saturated rings. The van der Waals surface area contributed by atoms with Gasteiger partial charge in [0.1, 0.15) is 0 Å². The molecule has 0 atom stereocenters. The van der Waals surface area contributed by atoms with Crippen molar-refractivity contribution in [3.05, 3.63) is 36.2 Å². The van der Waals surface area contributed by atoms with E-state index < -0.39 is 5.97 Å². The van der Waals surface area contributed by atoms with Crippen LogP contribution in [0.25, 0.3) is 0 Å². The van der Waals surface area contributed by atoms with Gasteiger partial charge in [0.15, 0.2) is 0 Å². The van der Waals surface area contributed by atoms with Crippen LogP contribution in [0.1, 0.15) is 16.8 Å². The van der Waals surface area contributed by atoms with Crippen LogP contribution in [0.15, 0.2) is 30.6 Å². The third-order valence-corrected chi connectivity index (χ3v) is 4.10. The van der Waals surface area contributed by atoms with Crippen LogP contribution in [0.5, 0.6) is 0 Å². The smallest absolute Gasteiger partial charge is 0.340 e. The highest BCUT2D eigenvalue weighted by atomic mass is 16.5. The molecule has 138 valence electrons. The fourth-order valence-corrected chi connectivity index (χ4v) is 2.72. The molecule has 0 unspecified atom stereocenters. The number of aryl methyl sites for hydroxylation is 1. The summed E-state index contributed by atoms with van der Waals surface area (Å²) in [7, 11) is 1.32. The highest BCUT2D eigenvalue weighted by Gasteiger charge is 2.18. The Balaban J connectivity index is 1.72. The molecule has 9 nitrogen and oxygen atoms in total. The van der Waals surface area contributed by atoms with Gasteiger partial charge in [0.2, 0.25) is 5.91 Å². The topological polar surface area (TPSA) is 98.6 Å². The van der Waals surface area contributed by atoms with E-state index in [1.807, 2.05) is 6.07 Å². The van der Waals surface area contributed by atoms with Crippen LogP contribution in [0.2, 0.25) is 0 Å². The Kier molecular flexibility index (Phi) is 5.80. The highest BCUT2D eigenvalue weighted by Crippen LogP contribution is 2.25. The minimum absolute atomic E-state index is 0.217. The molecule has 26 heavy (non-hydrogen) atoms. The number of hydrogen-bond acceptors (Lipinski definition) is 7. The zero-order chi connectivity index (χ0) is 18.4. The average molecular weight is 359 g/mol. The fraction of sp³-hybridized carbons (Fsp3) is 0.412. The van der Waals surface area contributed by atoms with E-state index in [-0.39, 0.29) is 12.3 Å². The molecule has 1 aliphatic rings. The van der Waals surface area contributed by atoms with Gasteiger partial charge in [-0.1, -0.05) is 5.21 Å². The predicted octanol–water partition coefficient (Wildman–Crippen LogP) is 0.930. The third-order valence-electron chi connectivity index (χ3n) is 4.10. The summed E-state index contributed by atoms with van der Waals surface area (Å²) < 4.78 is 11.8. The van der Waals surface area contributed by atoms with Gasteiger partial charge in [0.05, 0.1) is 44.3 Å². The second-order valence-corrected chi connectivity index (χ2v) is 5.79. The first kappa shape index (κ1) is 17.9. The molecule has 2 aromatic rings. The van der Waals surface area contributed by atoms with Crippen LogP contribution in [0, 0.1) is 0 Å². The first-order valence-electron chi connectivity index (χ1n) is 8.36. The molecule has 0 radical (unpaired) electrons. The highest BCUT2D eigenvalue weighted by molar-refractivity contribution is 6.02. The molecule has 2 heterocycles. The van der Waals surface area contributed by atoms with Crippen molar-refractivity contribution in [2.24, 2.45) is 0 Å². The van der Waals surface area contributed by atoms with Gasteiger partial charge in [-0.05, 0) is 18.2 Å². The number of carbonyl (C=O) groups excluding carboxylic acids is 2. The molecule has 1 aromatic heterocycles. The van der Waals surface area contributed by atoms with Crippen LogP contribution in [0.3, 0.4) is 0 Å². The Morgan fingerprint density at radius 2 is 2.12 bits per heavy atom. The second kappa shape index (κ2) is 8.43. The Morgan fingerprint density at radius 1 is 1.31 bits per heavy atom. The minimum Gasteiger partial charge on any atom is -0.465 e. The largest absolute Gasteiger partial charge is 0.465 e. The molecule has 0 spiro atoms. The van der Waals surface area contributed by atoms with Crippen molar-refractivity contribution in [2.45, 2.75) is 13.0 Å². The number of aromatic nitrogens is 3. The van der Waals surface area contributed by atoms with Crippen LogP contribution < -0.4 is 10.2 Å². The van der Waals surface area contributed by atoms with Gasteiger partial charge >= 0.3 is 5.97 Å². The van der Waals surface area contributed by atoms with Crippen molar-refractivity contribution in [1.82, 2.24) is 15.0 Å². The molecule has 1 aromatic carbocycles. The first-order valence-corrected chi connectivity index (χ1v) is 8.36. The van der Waals surface area contributed by atoms with Crippen molar-refractivity contribution in [1.29, 1.82) is 0 Å². The molecule has 1 saturated heterocycles. The number of morpholine rings is 1. The van der Waals surface area contributed by atoms with Gasteiger partial charge in [-0.15, -0.1) is 5.10 Å². The van der Waals surface area contributed by atoms with E-state index in [0.717, 1.165) is 18.8 Å².